The summed E-state index contributed by atoms with van der Waals surface area (Å²) in [5, 5.41) is 41.2. The van der Waals surface area contributed by atoms with Crippen LogP contribution in [0.1, 0.15) is 45.9 Å². The molecule has 19 nitrogen and oxygen atoms in total. The minimum absolute atomic E-state index is 0.0342. The number of rotatable bonds is 25. The molecule has 14 rings (SSSR count). The fourth-order valence-electron chi connectivity index (χ4n) is 11.8. The number of hydrogen-bond donors (Lipinski definition) is 6. The van der Waals surface area contributed by atoms with E-state index >= 15 is 8.78 Å². The highest BCUT2D eigenvalue weighted by Crippen LogP contribution is 2.43. The third-order valence-electron chi connectivity index (χ3n) is 18.5. The molecule has 14 aromatic rings. The summed E-state index contributed by atoms with van der Waals surface area (Å²) in [4.78, 5) is 44.2. The van der Waals surface area contributed by atoms with Crippen LogP contribution in [0, 0.1) is 72.1 Å². The predicted molar refractivity (Wildman–Crippen MR) is 548 cm³/mol. The van der Waals surface area contributed by atoms with Gasteiger partial charge in [-0.25, -0.2) is 13.2 Å². The van der Waals surface area contributed by atoms with Crippen molar-refractivity contribution in [2.24, 2.45) is 0 Å². The van der Waals surface area contributed by atoms with Crippen molar-refractivity contribution < 1.29 is 51.7 Å². The number of nitro benzene ring substituents is 3. The topological polar surface area (TPSA) is 286 Å². The van der Waals surface area contributed by atoms with Crippen molar-refractivity contribution in [3.05, 3.63) is 395 Å². The molecular formula is C98H89Br2Cl3F3IN8O11S4. The highest BCUT2D eigenvalue weighted by Gasteiger charge is 2.22. The second kappa shape index (κ2) is 53.3. The quantitative estimate of drug-likeness (QED) is 0.00453. The lowest BCUT2D eigenvalue weighted by molar-refractivity contribution is -0.384. The standard InChI is InChI=1S/C27H22ClFN2O3S.C27H24ClFN2OS.C14H11ClFIO.C13H12N2O2S.C7H8S.C6H5BrN2O2.C4H7BrO2/c1-17-12-19(8-10-22(17)28)21-14-27(34-2)25(15-23(21)29)30-24-11-9-20(13-26(24)31(32)33)35-16-18-6-4-3-5-7-18;1-17-12-19(8-10-22(17)28)21-14-27(32-2)26(15-23(21)29)31-25-11-9-20(13-24(25)30)33-16-18-6-4-3-5-7-18;1-8-5-9(3-4-11(8)15)10-6-14(18-2)13(17)7-12(10)16;14-12-7-6-11(8-13(12)15(16)17)18-9-10-4-2-1-3-5-10;8-6-7-4-2-1-3-5-7;7-4-1-2-5(8)6(3-4)9(10)11;1-2-7-4(6)3-5/h3-15,30H,16H2,1-2H3;3-15,31H,16,30H2,1-2H3;3-7H,1-2H3;1-8H,9,14H2;1-5,8H,6H2;1-3H,8H2;2-3H2,1H3. The van der Waals surface area contributed by atoms with Gasteiger partial charge in [0.1, 0.15) is 57.1 Å². The van der Waals surface area contributed by atoms with Crippen LogP contribution < -0.4 is 42.0 Å². The number of thioether (sulfide) groups is 3. The molecular weight excluding hydrogens is 2040 g/mol. The molecule has 0 bridgehead atoms. The number of nitrogens with one attached hydrogen (secondary N) is 2. The molecule has 0 aromatic heterocycles. The molecule has 0 unspecified atom stereocenters. The van der Waals surface area contributed by atoms with E-state index in [0.29, 0.717) is 93.8 Å². The Hall–Kier alpha value is -11.1. The number of aryl methyl sites for hydroxylation is 3. The number of halogens is 9. The Kier molecular flexibility index (Phi) is 42.7. The molecule has 8 N–H and O–H groups in total. The Bertz CT molecular complexity index is 6190. The van der Waals surface area contributed by atoms with E-state index < -0.39 is 20.6 Å². The number of nitrogen functional groups attached to an aromatic ring is 3. The van der Waals surface area contributed by atoms with Gasteiger partial charge in [-0.2, -0.15) is 12.6 Å². The van der Waals surface area contributed by atoms with Gasteiger partial charge < -0.3 is 46.8 Å². The normalized spacial score (nSPS) is 10.3. The van der Waals surface area contributed by atoms with Crippen molar-refractivity contribution in [1.82, 2.24) is 0 Å². The Morgan fingerprint density at radius 2 is 0.777 bits per heavy atom. The summed E-state index contributed by atoms with van der Waals surface area (Å²) in [6.07, 6.45) is 0. The number of carbonyl (C=O) groups is 1. The predicted octanol–water partition coefficient (Wildman–Crippen LogP) is 30.0. The largest absolute Gasteiger partial charge is 0.496 e. The molecule has 0 saturated carbocycles. The maximum absolute atomic E-state index is 15.1. The molecule has 130 heavy (non-hydrogen) atoms. The van der Waals surface area contributed by atoms with Crippen molar-refractivity contribution >= 4 is 200 Å². The zero-order valence-electron chi connectivity index (χ0n) is 71.0. The minimum Gasteiger partial charge on any atom is -0.496 e. The van der Waals surface area contributed by atoms with Crippen LogP contribution in [0.2, 0.25) is 15.1 Å². The first-order chi connectivity index (χ1) is 62.3. The van der Waals surface area contributed by atoms with Gasteiger partial charge in [-0.15, -0.1) is 35.3 Å². The van der Waals surface area contributed by atoms with Gasteiger partial charge in [0.2, 0.25) is 0 Å². The van der Waals surface area contributed by atoms with Gasteiger partial charge in [-0.3, -0.25) is 35.1 Å². The molecule has 14 aromatic carbocycles. The van der Waals surface area contributed by atoms with Crippen molar-refractivity contribution in [1.29, 1.82) is 0 Å². The zero-order valence-corrected chi connectivity index (χ0v) is 82.0. The van der Waals surface area contributed by atoms with Crippen LogP contribution in [0.25, 0.3) is 33.4 Å². The van der Waals surface area contributed by atoms with Crippen molar-refractivity contribution in [3.63, 3.8) is 0 Å². The van der Waals surface area contributed by atoms with Crippen LogP contribution in [0.15, 0.2) is 304 Å². The van der Waals surface area contributed by atoms with Gasteiger partial charge in [0.05, 0.1) is 69.0 Å². The SMILES string of the molecule is CCOC(=O)CBr.COc1cc(-c2ccc(Cl)c(C)c2)c(F)cc1I.COc1cc(-c2ccc(Cl)c(C)c2)c(F)cc1Nc1ccc(SCc2ccccc2)cc1N.COc1cc(-c2ccc(Cl)c(C)c2)c(F)cc1Nc1ccc(SCc2ccccc2)cc1[N+](=O)[O-].Nc1ccc(Br)cc1[N+](=O)[O-].Nc1ccc(SCc2ccccc2)cc1[N+](=O)[O-].SCc1ccccc1. The number of thiol groups is 1. The van der Waals surface area contributed by atoms with Gasteiger partial charge in [0.15, 0.2) is 0 Å². The van der Waals surface area contributed by atoms with Crippen LogP contribution in [-0.2, 0) is 32.5 Å². The summed E-state index contributed by atoms with van der Waals surface area (Å²) >= 11 is 35.2. The molecule has 0 atom stereocenters. The fourth-order valence-corrected chi connectivity index (χ4v) is 16.2. The molecule has 0 amide bonds. The molecule has 0 radical (unpaired) electrons. The molecule has 0 saturated heterocycles. The number of nitro groups is 3. The Morgan fingerprint density at radius 1 is 0.431 bits per heavy atom. The second-order valence-electron chi connectivity index (χ2n) is 27.7. The number of ether oxygens (including phenoxy) is 4. The number of alkyl halides is 1. The van der Waals surface area contributed by atoms with Gasteiger partial charge in [0, 0.05) is 104 Å². The van der Waals surface area contributed by atoms with Crippen LogP contribution in [-0.4, -0.2) is 54.0 Å². The van der Waals surface area contributed by atoms with Gasteiger partial charge >= 0.3 is 5.97 Å². The number of hydrogen-bond acceptors (Lipinski definition) is 20. The Balaban J connectivity index is 0.000000201. The van der Waals surface area contributed by atoms with Gasteiger partial charge in [-0.05, 0) is 221 Å². The summed E-state index contributed by atoms with van der Waals surface area (Å²) in [6.45, 7) is 7.87. The molecule has 32 heteroatoms. The molecule has 0 aliphatic heterocycles. The third kappa shape index (κ3) is 32.5. The molecule has 0 aliphatic rings. The highest BCUT2D eigenvalue weighted by atomic mass is 127. The molecule has 0 spiro atoms. The van der Waals surface area contributed by atoms with E-state index in [1.54, 1.807) is 136 Å². The first-order valence-corrected chi connectivity index (χ1v) is 47.0. The lowest BCUT2D eigenvalue weighted by Gasteiger charge is -2.16. The van der Waals surface area contributed by atoms with E-state index in [-0.39, 0.29) is 57.4 Å². The van der Waals surface area contributed by atoms with E-state index in [0.717, 1.165) is 68.9 Å². The number of anilines is 7. The van der Waals surface area contributed by atoms with Crippen LogP contribution in [0.4, 0.5) is 70.0 Å². The number of methoxy groups -OCH3 is 3. The molecule has 674 valence electrons. The fraction of sp³-hybridized carbons (Fsp3) is 0.133. The number of carbonyl (C=O) groups excluding carboxylic acids is 1. The Morgan fingerprint density at radius 3 is 1.12 bits per heavy atom. The van der Waals surface area contributed by atoms with Crippen molar-refractivity contribution in [2.45, 2.75) is 65.4 Å². The number of esters is 1. The van der Waals surface area contributed by atoms with Crippen molar-refractivity contribution in [2.75, 3.05) is 61.1 Å². The monoisotopic (exact) mass is 2130 g/mol. The summed E-state index contributed by atoms with van der Waals surface area (Å²) in [5.74, 6) is 3.37. The van der Waals surface area contributed by atoms with E-state index in [2.05, 4.69) is 84.1 Å². The summed E-state index contributed by atoms with van der Waals surface area (Å²) < 4.78 is 66.3. The minimum atomic E-state index is -0.514. The summed E-state index contributed by atoms with van der Waals surface area (Å²) in [5.41, 5.74) is 30.6. The van der Waals surface area contributed by atoms with E-state index in [1.165, 1.54) is 78.0 Å². The number of benzene rings is 14. The molecule has 0 fully saturated rings. The van der Waals surface area contributed by atoms with Crippen LogP contribution in [0.5, 0.6) is 17.2 Å². The van der Waals surface area contributed by atoms with Crippen LogP contribution >= 0.6 is 137 Å². The highest BCUT2D eigenvalue weighted by molar-refractivity contribution is 14.1. The average molecular weight is 2130 g/mol. The third-order valence-corrected chi connectivity index (χ3v) is 25.2. The number of nitrogens with zero attached hydrogens (tertiary/aromatic N) is 3. The lowest BCUT2D eigenvalue weighted by atomic mass is 10.0. The summed E-state index contributed by atoms with van der Waals surface area (Å²) in [7, 11) is 4.60. The van der Waals surface area contributed by atoms with Crippen molar-refractivity contribution in [3.8, 4) is 50.6 Å². The maximum atomic E-state index is 15.1. The Labute approximate surface area is 816 Å². The summed E-state index contributed by atoms with van der Waals surface area (Å²) in [6, 6.07) is 85.7. The van der Waals surface area contributed by atoms with Gasteiger partial charge in [-0.1, -0.05) is 206 Å². The van der Waals surface area contributed by atoms with E-state index in [1.807, 2.05) is 171 Å². The molecule has 0 heterocycles. The number of nitrogens with two attached hydrogens (primary N) is 3. The second-order valence-corrected chi connectivity index (χ2v) is 35.0. The first-order valence-electron chi connectivity index (χ1n) is 39.2. The van der Waals surface area contributed by atoms with Gasteiger partial charge in [0.25, 0.3) is 17.1 Å². The van der Waals surface area contributed by atoms with E-state index in [4.69, 9.17) is 66.2 Å². The average Bonchev–Trinajstić information content (AvgIpc) is 0.771. The smallest absolute Gasteiger partial charge is 0.316 e. The first kappa shape index (κ1) is 104. The molecule has 0 aliphatic carbocycles. The van der Waals surface area contributed by atoms with Crippen LogP contribution in [0.3, 0.4) is 0 Å². The van der Waals surface area contributed by atoms with E-state index in [9.17, 15) is 39.5 Å². The zero-order chi connectivity index (χ0) is 94.5. The lowest BCUT2D eigenvalue weighted by Crippen LogP contribution is -2.03. The maximum Gasteiger partial charge on any atom is 0.316 e.